The Labute approximate surface area is 203 Å². The number of para-hydroxylation sites is 2. The van der Waals surface area contributed by atoms with Crippen LogP contribution in [-0.4, -0.2) is 11.2 Å². The highest BCUT2D eigenvalue weighted by molar-refractivity contribution is 7.55. The largest absolute Gasteiger partial charge is 0.508 e. The lowest BCUT2D eigenvalue weighted by Crippen LogP contribution is -2.31. The van der Waals surface area contributed by atoms with E-state index in [4.69, 9.17) is 13.8 Å². The summed E-state index contributed by atoms with van der Waals surface area (Å²) in [5, 5.41) is 12.4. The van der Waals surface area contributed by atoms with Crippen molar-refractivity contribution in [3.05, 3.63) is 126 Å². The molecule has 0 bridgehead atoms. The lowest BCUT2D eigenvalue weighted by molar-refractivity contribution is 0.137. The van der Waals surface area contributed by atoms with Gasteiger partial charge in [-0.25, -0.2) is 9.36 Å². The van der Waals surface area contributed by atoms with E-state index in [9.17, 15) is 14.5 Å². The number of rotatable bonds is 9. The summed E-state index contributed by atoms with van der Waals surface area (Å²) in [5.74, 6) is -0.626. The first-order chi connectivity index (χ1) is 17.0. The number of ether oxygens (including phenoxy) is 1. The van der Waals surface area contributed by atoms with E-state index in [1.807, 2.05) is 30.3 Å². The number of aromatic hydroxyl groups is 1. The maximum absolute atomic E-state index is 14.4. The van der Waals surface area contributed by atoms with Gasteiger partial charge in [0.05, 0.1) is 0 Å². The van der Waals surface area contributed by atoms with E-state index in [-0.39, 0.29) is 12.4 Å². The molecule has 0 aliphatic carbocycles. The molecule has 0 aliphatic rings. The molecule has 1 unspecified atom stereocenters. The van der Waals surface area contributed by atoms with Gasteiger partial charge in [-0.2, -0.15) is 0 Å². The van der Waals surface area contributed by atoms with Crippen LogP contribution in [-0.2, 0) is 15.9 Å². The fraction of sp³-hybridized carbons (Fsp3) is 0.0741. The molecule has 35 heavy (non-hydrogen) atoms. The minimum Gasteiger partial charge on any atom is -0.508 e. The van der Waals surface area contributed by atoms with E-state index in [2.05, 4.69) is 5.32 Å². The summed E-state index contributed by atoms with van der Waals surface area (Å²) in [5.41, 5.74) is 1.20. The molecule has 0 spiro atoms. The predicted octanol–water partition coefficient (Wildman–Crippen LogP) is 6.67. The Morgan fingerprint density at radius 2 is 1.23 bits per heavy atom. The maximum atomic E-state index is 14.4. The second kappa shape index (κ2) is 11.3. The van der Waals surface area contributed by atoms with Crippen molar-refractivity contribution < 1.29 is 28.3 Å². The molecule has 0 radical (unpaired) electrons. The third-order valence-electron chi connectivity index (χ3n) is 4.94. The number of carbonyl (C=O) groups excluding carboxylic acids is 1. The summed E-state index contributed by atoms with van der Waals surface area (Å²) < 4.78 is 31.6. The van der Waals surface area contributed by atoms with Crippen LogP contribution in [0, 0.1) is 0 Å². The number of hydrogen-bond acceptors (Lipinski definition) is 6. The fourth-order valence-electron chi connectivity index (χ4n) is 3.26. The molecular weight excluding hydrogens is 465 g/mol. The van der Waals surface area contributed by atoms with Gasteiger partial charge in [0.25, 0.3) is 0 Å². The SMILES string of the molecule is O=C(NC(c1ccc(O)cc1)P(=O)(Oc1ccccc1)Oc1ccccc1)OCc1ccccc1. The Balaban J connectivity index is 1.66. The van der Waals surface area contributed by atoms with Gasteiger partial charge < -0.3 is 24.2 Å². The summed E-state index contributed by atoms with van der Waals surface area (Å²) in [6, 6.07) is 32.2. The van der Waals surface area contributed by atoms with Gasteiger partial charge in [0.1, 0.15) is 23.9 Å². The molecule has 178 valence electrons. The Kier molecular flexibility index (Phi) is 7.70. The first kappa shape index (κ1) is 23.9. The van der Waals surface area contributed by atoms with E-state index in [1.54, 1.807) is 60.7 Å². The van der Waals surface area contributed by atoms with E-state index >= 15 is 0 Å². The number of benzene rings is 4. The molecule has 0 aliphatic heterocycles. The molecule has 0 heterocycles. The van der Waals surface area contributed by atoms with E-state index in [0.29, 0.717) is 17.1 Å². The predicted molar refractivity (Wildman–Crippen MR) is 132 cm³/mol. The smallest absolute Gasteiger partial charge is 0.457 e. The van der Waals surface area contributed by atoms with Crippen molar-refractivity contribution in [1.29, 1.82) is 0 Å². The fourth-order valence-corrected chi connectivity index (χ4v) is 5.14. The van der Waals surface area contributed by atoms with Crippen LogP contribution in [0.2, 0.25) is 0 Å². The maximum Gasteiger partial charge on any atom is 0.457 e. The van der Waals surface area contributed by atoms with Crippen LogP contribution in [0.15, 0.2) is 115 Å². The Hall–Kier alpha value is -4.22. The van der Waals surface area contributed by atoms with E-state index in [0.717, 1.165) is 5.56 Å². The highest BCUT2D eigenvalue weighted by Crippen LogP contribution is 2.59. The van der Waals surface area contributed by atoms with Crippen LogP contribution >= 0.6 is 7.60 Å². The van der Waals surface area contributed by atoms with Crippen molar-refractivity contribution in [2.24, 2.45) is 0 Å². The molecule has 1 atom stereocenters. The van der Waals surface area contributed by atoms with Crippen LogP contribution in [0.1, 0.15) is 16.9 Å². The lowest BCUT2D eigenvalue weighted by atomic mass is 10.2. The molecule has 0 saturated heterocycles. The Bertz CT molecular complexity index is 1220. The molecule has 0 saturated carbocycles. The van der Waals surface area contributed by atoms with Crippen molar-refractivity contribution in [2.45, 2.75) is 12.4 Å². The highest BCUT2D eigenvalue weighted by Gasteiger charge is 2.42. The van der Waals surface area contributed by atoms with Crippen molar-refractivity contribution in [3.8, 4) is 17.2 Å². The number of nitrogens with one attached hydrogen (secondary N) is 1. The number of alkyl carbamates (subject to hydrolysis) is 1. The Morgan fingerprint density at radius 3 is 1.74 bits per heavy atom. The molecule has 4 aromatic rings. The van der Waals surface area contributed by atoms with Gasteiger partial charge in [-0.1, -0.05) is 78.9 Å². The van der Waals surface area contributed by atoms with Gasteiger partial charge >= 0.3 is 13.7 Å². The molecule has 8 heteroatoms. The summed E-state index contributed by atoms with van der Waals surface area (Å²) in [6.07, 6.45) is -0.805. The van der Waals surface area contributed by atoms with Crippen LogP contribution in [0.4, 0.5) is 4.79 Å². The van der Waals surface area contributed by atoms with Crippen molar-refractivity contribution in [2.75, 3.05) is 0 Å². The second-order valence-corrected chi connectivity index (χ2v) is 9.51. The van der Waals surface area contributed by atoms with Crippen LogP contribution in [0.3, 0.4) is 0 Å². The first-order valence-corrected chi connectivity index (χ1v) is 12.5. The molecule has 4 aromatic carbocycles. The number of amides is 1. The minimum atomic E-state index is -4.15. The number of hydrogen-bond donors (Lipinski definition) is 2. The van der Waals surface area contributed by atoms with Crippen molar-refractivity contribution in [3.63, 3.8) is 0 Å². The average molecular weight is 489 g/mol. The monoisotopic (exact) mass is 489 g/mol. The molecule has 7 nitrogen and oxygen atoms in total. The zero-order valence-corrected chi connectivity index (χ0v) is 19.6. The van der Waals surface area contributed by atoms with Gasteiger partial charge in [-0.05, 0) is 47.5 Å². The van der Waals surface area contributed by atoms with E-state index in [1.165, 1.54) is 24.3 Å². The van der Waals surface area contributed by atoms with Crippen molar-refractivity contribution >= 4 is 13.7 Å². The van der Waals surface area contributed by atoms with Gasteiger partial charge in [0.2, 0.25) is 0 Å². The summed E-state index contributed by atoms with van der Waals surface area (Å²) >= 11 is 0. The van der Waals surface area contributed by atoms with Gasteiger partial charge in [0, 0.05) is 0 Å². The first-order valence-electron chi connectivity index (χ1n) is 10.9. The Morgan fingerprint density at radius 1 is 0.743 bits per heavy atom. The summed E-state index contributed by atoms with van der Waals surface area (Å²) in [6.45, 7) is 0.0261. The molecule has 0 fully saturated rings. The van der Waals surface area contributed by atoms with Gasteiger partial charge in [-0.3, -0.25) is 0 Å². The molecule has 1 amide bonds. The van der Waals surface area contributed by atoms with E-state index < -0.39 is 19.5 Å². The second-order valence-electron chi connectivity index (χ2n) is 7.55. The van der Waals surface area contributed by atoms with Crippen LogP contribution < -0.4 is 14.4 Å². The van der Waals surface area contributed by atoms with Gasteiger partial charge in [-0.15, -0.1) is 0 Å². The molecule has 0 aromatic heterocycles. The van der Waals surface area contributed by atoms with Gasteiger partial charge in [0.15, 0.2) is 5.78 Å². The van der Waals surface area contributed by atoms with Crippen LogP contribution in [0.25, 0.3) is 0 Å². The topological polar surface area (TPSA) is 94.1 Å². The summed E-state index contributed by atoms with van der Waals surface area (Å²) in [4.78, 5) is 12.8. The molecular formula is C27H24NO6P. The van der Waals surface area contributed by atoms with Crippen molar-refractivity contribution in [1.82, 2.24) is 5.32 Å². The number of phenolic OH excluding ortho intramolecular Hbond substituents is 1. The highest BCUT2D eigenvalue weighted by atomic mass is 31.2. The standard InChI is InChI=1S/C27H24NO6P/c29-23-18-16-22(17-19-23)26(28-27(30)32-20-21-10-4-1-5-11-21)35(31,33-24-12-6-2-7-13-24)34-25-14-8-3-9-15-25/h1-19,26,29H,20H2,(H,28,30). The normalized spacial score (nSPS) is 11.8. The number of phenols is 1. The number of carbonyl (C=O) groups is 1. The quantitative estimate of drug-likeness (QED) is 0.255. The summed E-state index contributed by atoms with van der Waals surface area (Å²) in [7, 11) is -4.15. The van der Waals surface area contributed by atoms with Crippen LogP contribution in [0.5, 0.6) is 17.2 Å². The minimum absolute atomic E-state index is 0.0157. The zero-order chi connectivity index (χ0) is 24.5. The third kappa shape index (κ3) is 6.65. The lowest BCUT2D eigenvalue weighted by Gasteiger charge is -2.28. The molecule has 4 rings (SSSR count). The zero-order valence-electron chi connectivity index (χ0n) is 18.7. The third-order valence-corrected chi connectivity index (χ3v) is 6.93. The average Bonchev–Trinajstić information content (AvgIpc) is 2.88. The molecule has 2 N–H and O–H groups in total.